The van der Waals surface area contributed by atoms with Crippen LogP contribution in [0.25, 0.3) is 10.8 Å². The molecular formula is C31H30F4. The van der Waals surface area contributed by atoms with E-state index in [1.807, 2.05) is 0 Å². The van der Waals surface area contributed by atoms with E-state index in [-0.39, 0.29) is 10.9 Å². The summed E-state index contributed by atoms with van der Waals surface area (Å²) in [6.45, 7) is 2.06. The van der Waals surface area contributed by atoms with Gasteiger partial charge in [-0.15, -0.1) is 0 Å². The van der Waals surface area contributed by atoms with Gasteiger partial charge in [0.25, 0.3) is 0 Å². The van der Waals surface area contributed by atoms with Crippen molar-refractivity contribution in [3.63, 3.8) is 0 Å². The Balaban J connectivity index is 1.38. The maximum absolute atomic E-state index is 14.7. The van der Waals surface area contributed by atoms with Gasteiger partial charge in [-0.1, -0.05) is 61.8 Å². The molecule has 0 spiro atoms. The van der Waals surface area contributed by atoms with Crippen LogP contribution in [0, 0.1) is 46.9 Å². The SMILES string of the molecule is C/C=C/CCC1CCC(CCc2cc(F)c(C#Cc3ccc4c(F)c(F)ccc4c3)c(F)c2)CC1. The minimum atomic E-state index is -0.924. The second-order valence-electron chi connectivity index (χ2n) is 9.55. The molecule has 0 atom stereocenters. The van der Waals surface area contributed by atoms with Crippen LogP contribution < -0.4 is 0 Å². The van der Waals surface area contributed by atoms with Gasteiger partial charge in [0.05, 0.1) is 5.56 Å². The van der Waals surface area contributed by atoms with Gasteiger partial charge >= 0.3 is 0 Å². The van der Waals surface area contributed by atoms with Crippen LogP contribution in [0.15, 0.2) is 54.6 Å². The highest BCUT2D eigenvalue weighted by molar-refractivity contribution is 5.84. The summed E-state index contributed by atoms with van der Waals surface area (Å²) in [5.41, 5.74) is 0.845. The van der Waals surface area contributed by atoms with Crippen molar-refractivity contribution < 1.29 is 17.6 Å². The summed E-state index contributed by atoms with van der Waals surface area (Å²) in [5.74, 6) is 3.55. The first-order valence-corrected chi connectivity index (χ1v) is 12.4. The Morgan fingerprint density at radius 1 is 0.800 bits per heavy atom. The first-order chi connectivity index (χ1) is 16.9. The second kappa shape index (κ2) is 11.6. The predicted octanol–water partition coefficient (Wildman–Crippen LogP) is 8.89. The quantitative estimate of drug-likeness (QED) is 0.188. The lowest BCUT2D eigenvalue weighted by atomic mass is 9.78. The molecule has 1 fully saturated rings. The van der Waals surface area contributed by atoms with Gasteiger partial charge in [-0.2, -0.15) is 0 Å². The Morgan fingerprint density at radius 3 is 2.17 bits per heavy atom. The van der Waals surface area contributed by atoms with Gasteiger partial charge in [0.15, 0.2) is 11.6 Å². The third-order valence-corrected chi connectivity index (χ3v) is 7.13. The molecule has 0 aromatic heterocycles. The maximum atomic E-state index is 14.7. The Hall–Kier alpha value is -3.06. The minimum absolute atomic E-state index is 0.138. The first-order valence-electron chi connectivity index (χ1n) is 12.4. The highest BCUT2D eigenvalue weighted by Gasteiger charge is 2.21. The van der Waals surface area contributed by atoms with Crippen molar-refractivity contribution in [3.8, 4) is 11.8 Å². The molecule has 1 aliphatic carbocycles. The molecule has 3 aromatic carbocycles. The fraction of sp³-hybridized carbons (Fsp3) is 0.355. The molecule has 0 amide bonds. The van der Waals surface area contributed by atoms with Gasteiger partial charge in [-0.3, -0.25) is 0 Å². The second-order valence-corrected chi connectivity index (χ2v) is 9.55. The van der Waals surface area contributed by atoms with Gasteiger partial charge in [-0.25, -0.2) is 17.6 Å². The Kier molecular flexibility index (Phi) is 8.29. The van der Waals surface area contributed by atoms with Crippen LogP contribution in [0.4, 0.5) is 17.6 Å². The van der Waals surface area contributed by atoms with Crippen molar-refractivity contribution >= 4 is 10.8 Å². The summed E-state index contributed by atoms with van der Waals surface area (Å²) in [5, 5.41) is 0.609. The monoisotopic (exact) mass is 478 g/mol. The van der Waals surface area contributed by atoms with Gasteiger partial charge in [0, 0.05) is 10.9 Å². The lowest BCUT2D eigenvalue weighted by Gasteiger charge is -2.28. The molecule has 0 N–H and O–H groups in total. The first kappa shape index (κ1) is 25.0. The van der Waals surface area contributed by atoms with Crippen LogP contribution in [-0.4, -0.2) is 0 Å². The summed E-state index contributed by atoms with van der Waals surface area (Å²) >= 11 is 0. The lowest BCUT2D eigenvalue weighted by molar-refractivity contribution is 0.254. The molecule has 4 rings (SSSR count). The smallest absolute Gasteiger partial charge is 0.166 e. The van der Waals surface area contributed by atoms with Crippen molar-refractivity contribution in [3.05, 3.63) is 94.6 Å². The molecule has 0 heterocycles. The van der Waals surface area contributed by atoms with E-state index < -0.39 is 23.3 Å². The zero-order valence-corrected chi connectivity index (χ0v) is 20.0. The molecule has 1 aliphatic rings. The summed E-state index contributed by atoms with van der Waals surface area (Å²) in [7, 11) is 0. The number of halogens is 4. The normalized spacial score (nSPS) is 18.1. The van der Waals surface area contributed by atoms with Crippen molar-refractivity contribution in [1.29, 1.82) is 0 Å². The van der Waals surface area contributed by atoms with E-state index in [0.717, 1.165) is 24.8 Å². The molecular weight excluding hydrogens is 448 g/mol. The molecule has 0 radical (unpaired) electrons. The number of fused-ring (bicyclic) bond motifs is 1. The van der Waals surface area contributed by atoms with E-state index in [4.69, 9.17) is 0 Å². The van der Waals surface area contributed by atoms with E-state index in [2.05, 4.69) is 30.9 Å². The fourth-order valence-electron chi connectivity index (χ4n) is 5.05. The van der Waals surface area contributed by atoms with Gasteiger partial charge in [0.2, 0.25) is 0 Å². The Bertz CT molecular complexity index is 1250. The van der Waals surface area contributed by atoms with E-state index in [0.29, 0.717) is 28.9 Å². The highest BCUT2D eigenvalue weighted by atomic mass is 19.2. The van der Waals surface area contributed by atoms with Crippen molar-refractivity contribution in [2.24, 2.45) is 11.8 Å². The van der Waals surface area contributed by atoms with Crippen LogP contribution in [0.2, 0.25) is 0 Å². The number of allylic oxidation sites excluding steroid dienone is 2. The summed E-state index contributed by atoms with van der Waals surface area (Å²) in [4.78, 5) is 0. The zero-order chi connectivity index (χ0) is 24.8. The van der Waals surface area contributed by atoms with Crippen LogP contribution in [0.1, 0.15) is 68.6 Å². The fourth-order valence-corrected chi connectivity index (χ4v) is 5.05. The van der Waals surface area contributed by atoms with Crippen molar-refractivity contribution in [2.75, 3.05) is 0 Å². The van der Waals surface area contributed by atoms with Gasteiger partial charge in [0.1, 0.15) is 11.6 Å². The molecule has 0 saturated heterocycles. The van der Waals surface area contributed by atoms with Crippen molar-refractivity contribution in [2.45, 2.75) is 58.3 Å². The number of benzene rings is 3. The average molecular weight is 479 g/mol. The lowest BCUT2D eigenvalue weighted by Crippen LogP contribution is -2.15. The van der Waals surface area contributed by atoms with E-state index >= 15 is 0 Å². The maximum Gasteiger partial charge on any atom is 0.166 e. The number of hydrogen-bond acceptors (Lipinski definition) is 0. The zero-order valence-electron chi connectivity index (χ0n) is 20.0. The van der Waals surface area contributed by atoms with Crippen LogP contribution in [-0.2, 0) is 6.42 Å². The highest BCUT2D eigenvalue weighted by Crippen LogP contribution is 2.34. The molecule has 0 unspecified atom stereocenters. The van der Waals surface area contributed by atoms with Crippen LogP contribution in [0.5, 0.6) is 0 Å². The number of aryl methyl sites for hydroxylation is 1. The van der Waals surface area contributed by atoms with Crippen molar-refractivity contribution in [1.82, 2.24) is 0 Å². The summed E-state index contributed by atoms with van der Waals surface area (Å²) < 4.78 is 56.6. The topological polar surface area (TPSA) is 0 Å². The van der Waals surface area contributed by atoms with Gasteiger partial charge in [-0.05, 0) is 85.7 Å². The molecule has 0 aliphatic heterocycles. The molecule has 35 heavy (non-hydrogen) atoms. The minimum Gasteiger partial charge on any atom is -0.206 e. The number of rotatable bonds is 6. The standard InChI is InChI=1S/C31H30F4/c1-2-3-4-5-21-6-8-22(9-7-21)10-11-24-19-29(33)27(30(34)20-24)16-13-23-12-15-26-25(18-23)14-17-28(32)31(26)35/h2-3,12,14-15,17-22H,4-11H2,1H3/b3-2+. The number of hydrogen-bond donors (Lipinski definition) is 0. The Labute approximate surface area is 205 Å². The largest absolute Gasteiger partial charge is 0.206 e. The molecule has 1 saturated carbocycles. The Morgan fingerprint density at radius 2 is 1.49 bits per heavy atom. The van der Waals surface area contributed by atoms with Gasteiger partial charge < -0.3 is 0 Å². The van der Waals surface area contributed by atoms with E-state index in [1.165, 1.54) is 62.4 Å². The summed E-state index contributed by atoms with van der Waals surface area (Å²) in [6, 6.07) is 9.77. The third kappa shape index (κ3) is 6.34. The van der Waals surface area contributed by atoms with Crippen LogP contribution >= 0.6 is 0 Å². The average Bonchev–Trinajstić information content (AvgIpc) is 2.85. The predicted molar refractivity (Wildman–Crippen MR) is 134 cm³/mol. The molecule has 182 valence electrons. The summed E-state index contributed by atoms with van der Waals surface area (Å²) in [6.07, 6.45) is 13.2. The van der Waals surface area contributed by atoms with E-state index in [1.54, 1.807) is 6.07 Å². The van der Waals surface area contributed by atoms with Crippen LogP contribution in [0.3, 0.4) is 0 Å². The molecule has 0 nitrogen and oxygen atoms in total. The van der Waals surface area contributed by atoms with E-state index in [9.17, 15) is 17.6 Å². The third-order valence-electron chi connectivity index (χ3n) is 7.13. The molecule has 0 bridgehead atoms. The molecule has 3 aromatic rings. The molecule has 4 heteroatoms.